The fourth-order valence-corrected chi connectivity index (χ4v) is 3.72. The molecule has 7 nitrogen and oxygen atoms in total. The highest BCUT2D eigenvalue weighted by Crippen LogP contribution is 2.29. The van der Waals surface area contributed by atoms with Crippen LogP contribution in [0, 0.1) is 5.82 Å². The van der Waals surface area contributed by atoms with Crippen LogP contribution < -0.4 is 14.2 Å². The van der Waals surface area contributed by atoms with E-state index < -0.39 is 10.0 Å². The van der Waals surface area contributed by atoms with Crippen molar-refractivity contribution in [1.82, 2.24) is 9.78 Å². The minimum Gasteiger partial charge on any atom is -0.497 e. The van der Waals surface area contributed by atoms with Crippen molar-refractivity contribution in [1.29, 1.82) is 0 Å². The first kappa shape index (κ1) is 18.7. The largest absolute Gasteiger partial charge is 0.497 e. The first-order valence-electron chi connectivity index (χ1n) is 7.93. The highest BCUT2D eigenvalue weighted by molar-refractivity contribution is 7.92. The van der Waals surface area contributed by atoms with E-state index in [1.165, 1.54) is 49.5 Å². The molecule has 0 aliphatic rings. The molecule has 0 fully saturated rings. The summed E-state index contributed by atoms with van der Waals surface area (Å²) in [4.78, 5) is -0.0637. The molecule has 1 aromatic heterocycles. The third kappa shape index (κ3) is 4.20. The number of benzene rings is 2. The summed E-state index contributed by atoms with van der Waals surface area (Å²) in [6, 6.07) is 10.8. The number of ether oxygens (including phenoxy) is 2. The number of nitrogens with one attached hydrogen (secondary N) is 1. The Morgan fingerprint density at radius 1 is 1.15 bits per heavy atom. The molecular formula is C18H18FN3O4S. The van der Waals surface area contributed by atoms with Crippen LogP contribution in [0.3, 0.4) is 0 Å². The monoisotopic (exact) mass is 391 g/mol. The summed E-state index contributed by atoms with van der Waals surface area (Å²) in [6.45, 7) is 0.177. The normalized spacial score (nSPS) is 11.2. The van der Waals surface area contributed by atoms with Crippen molar-refractivity contribution in [2.24, 2.45) is 0 Å². The number of aromatic nitrogens is 2. The molecule has 0 bridgehead atoms. The lowest BCUT2D eigenvalue weighted by Gasteiger charge is -2.11. The van der Waals surface area contributed by atoms with E-state index in [9.17, 15) is 12.8 Å². The maximum atomic E-state index is 13.8. The minimum atomic E-state index is -3.94. The molecular weight excluding hydrogens is 373 g/mol. The average molecular weight is 391 g/mol. The molecule has 142 valence electrons. The molecule has 3 rings (SSSR count). The summed E-state index contributed by atoms with van der Waals surface area (Å²) in [5.41, 5.74) is 0.695. The molecule has 0 saturated heterocycles. The van der Waals surface area contributed by atoms with E-state index >= 15 is 0 Å². The van der Waals surface area contributed by atoms with E-state index in [4.69, 9.17) is 9.47 Å². The van der Waals surface area contributed by atoms with Gasteiger partial charge in [-0.1, -0.05) is 18.2 Å². The van der Waals surface area contributed by atoms with Crippen molar-refractivity contribution in [3.8, 4) is 11.5 Å². The quantitative estimate of drug-likeness (QED) is 0.670. The van der Waals surface area contributed by atoms with Crippen LogP contribution in [0.2, 0.25) is 0 Å². The lowest BCUT2D eigenvalue weighted by Crippen LogP contribution is -2.14. The van der Waals surface area contributed by atoms with Gasteiger partial charge in [-0.05, 0) is 18.2 Å². The van der Waals surface area contributed by atoms with Crippen LogP contribution in [0.5, 0.6) is 11.5 Å². The number of nitrogens with zero attached hydrogens (tertiary/aromatic N) is 2. The summed E-state index contributed by atoms with van der Waals surface area (Å²) >= 11 is 0. The van der Waals surface area contributed by atoms with Gasteiger partial charge in [0.2, 0.25) is 0 Å². The van der Waals surface area contributed by atoms with E-state index in [0.717, 1.165) is 0 Å². The maximum Gasteiger partial charge on any atom is 0.265 e. The van der Waals surface area contributed by atoms with Gasteiger partial charge in [-0.3, -0.25) is 9.40 Å². The Balaban J connectivity index is 1.83. The second-order valence-electron chi connectivity index (χ2n) is 5.64. The van der Waals surface area contributed by atoms with E-state index in [-0.39, 0.29) is 28.7 Å². The lowest BCUT2D eigenvalue weighted by molar-refractivity contribution is 0.392. The zero-order valence-electron chi connectivity index (χ0n) is 14.7. The van der Waals surface area contributed by atoms with Crippen molar-refractivity contribution >= 4 is 15.7 Å². The second kappa shape index (κ2) is 7.67. The van der Waals surface area contributed by atoms with Gasteiger partial charge in [-0.25, -0.2) is 12.8 Å². The van der Waals surface area contributed by atoms with Gasteiger partial charge in [-0.15, -0.1) is 0 Å². The van der Waals surface area contributed by atoms with Crippen molar-refractivity contribution in [2.75, 3.05) is 18.9 Å². The molecule has 3 aromatic rings. The average Bonchev–Trinajstić information content (AvgIpc) is 3.09. The third-order valence-electron chi connectivity index (χ3n) is 3.84. The van der Waals surface area contributed by atoms with Gasteiger partial charge in [0.15, 0.2) is 0 Å². The first-order chi connectivity index (χ1) is 12.9. The number of halogens is 1. The Labute approximate surface area is 156 Å². The molecule has 1 heterocycles. The van der Waals surface area contributed by atoms with Gasteiger partial charge in [0, 0.05) is 17.8 Å². The maximum absolute atomic E-state index is 13.8. The van der Waals surface area contributed by atoms with Crippen molar-refractivity contribution in [2.45, 2.75) is 11.4 Å². The van der Waals surface area contributed by atoms with Crippen LogP contribution in [-0.2, 0) is 16.6 Å². The predicted octanol–water partition coefficient (Wildman–Crippen LogP) is 2.89. The molecule has 0 unspecified atom stereocenters. The number of rotatable bonds is 7. The highest BCUT2D eigenvalue weighted by atomic mass is 32.2. The fraction of sp³-hybridized carbons (Fsp3) is 0.167. The van der Waals surface area contributed by atoms with E-state index in [2.05, 4.69) is 9.82 Å². The zero-order valence-corrected chi connectivity index (χ0v) is 15.5. The van der Waals surface area contributed by atoms with Crippen LogP contribution >= 0.6 is 0 Å². The van der Waals surface area contributed by atoms with Crippen molar-refractivity contribution in [3.63, 3.8) is 0 Å². The summed E-state index contributed by atoms with van der Waals surface area (Å²) in [5, 5.41) is 4.07. The number of methoxy groups -OCH3 is 2. The van der Waals surface area contributed by atoms with Crippen LogP contribution in [0.1, 0.15) is 5.56 Å². The molecule has 0 saturated carbocycles. The predicted molar refractivity (Wildman–Crippen MR) is 98.1 cm³/mol. The summed E-state index contributed by atoms with van der Waals surface area (Å²) in [7, 11) is -1.11. The van der Waals surface area contributed by atoms with Crippen LogP contribution in [0.4, 0.5) is 10.1 Å². The molecule has 9 heteroatoms. The Hall–Kier alpha value is -3.07. The molecule has 0 amide bonds. The van der Waals surface area contributed by atoms with Gasteiger partial charge >= 0.3 is 0 Å². The van der Waals surface area contributed by atoms with Crippen molar-refractivity contribution < 1.29 is 22.3 Å². The molecule has 0 radical (unpaired) electrons. The number of hydrogen-bond acceptors (Lipinski definition) is 5. The van der Waals surface area contributed by atoms with Gasteiger partial charge in [0.1, 0.15) is 22.2 Å². The Bertz CT molecular complexity index is 1050. The highest BCUT2D eigenvalue weighted by Gasteiger charge is 2.21. The summed E-state index contributed by atoms with van der Waals surface area (Å²) in [5.74, 6) is 0.213. The van der Waals surface area contributed by atoms with Crippen molar-refractivity contribution in [3.05, 3.63) is 66.2 Å². The summed E-state index contributed by atoms with van der Waals surface area (Å²) in [6.07, 6.45) is 2.84. The zero-order chi connectivity index (χ0) is 19.4. The van der Waals surface area contributed by atoms with E-state index in [1.807, 2.05) is 0 Å². The molecule has 1 N–H and O–H groups in total. The topological polar surface area (TPSA) is 82.4 Å². The minimum absolute atomic E-state index is 0.0637. The number of sulfonamides is 1. The van der Waals surface area contributed by atoms with Crippen LogP contribution in [-0.4, -0.2) is 32.4 Å². The van der Waals surface area contributed by atoms with Gasteiger partial charge < -0.3 is 9.47 Å². The molecule has 0 aliphatic heterocycles. The Morgan fingerprint density at radius 2 is 1.93 bits per heavy atom. The Morgan fingerprint density at radius 3 is 2.63 bits per heavy atom. The molecule has 0 spiro atoms. The molecule has 27 heavy (non-hydrogen) atoms. The van der Waals surface area contributed by atoms with Gasteiger partial charge in [0.05, 0.1) is 32.6 Å². The third-order valence-corrected chi connectivity index (χ3v) is 5.24. The molecule has 0 aliphatic carbocycles. The Kier molecular flexibility index (Phi) is 5.31. The molecule has 0 atom stereocenters. The lowest BCUT2D eigenvalue weighted by atomic mass is 10.2. The van der Waals surface area contributed by atoms with E-state index in [0.29, 0.717) is 11.3 Å². The van der Waals surface area contributed by atoms with E-state index in [1.54, 1.807) is 24.3 Å². The summed E-state index contributed by atoms with van der Waals surface area (Å²) < 4.78 is 53.3. The second-order valence-corrected chi connectivity index (χ2v) is 7.29. The van der Waals surface area contributed by atoms with Crippen LogP contribution in [0.15, 0.2) is 59.8 Å². The number of hydrogen-bond donors (Lipinski definition) is 1. The van der Waals surface area contributed by atoms with Gasteiger partial charge in [0.25, 0.3) is 10.0 Å². The standard InChI is InChI=1S/C18H18FN3O4S/c1-25-15-7-8-17(26-2)18(9-15)27(23,24)21-14-10-20-22(12-14)11-13-5-3-4-6-16(13)19/h3-10,12,21H,11H2,1-2H3. The van der Waals surface area contributed by atoms with Crippen LogP contribution in [0.25, 0.3) is 0 Å². The number of anilines is 1. The van der Waals surface area contributed by atoms with Gasteiger partial charge in [-0.2, -0.15) is 5.10 Å². The smallest absolute Gasteiger partial charge is 0.265 e. The molecule has 2 aromatic carbocycles. The first-order valence-corrected chi connectivity index (χ1v) is 9.42. The fourth-order valence-electron chi connectivity index (χ4n) is 2.51. The SMILES string of the molecule is COc1ccc(OC)c(S(=O)(=O)Nc2cnn(Cc3ccccc3F)c2)c1.